The van der Waals surface area contributed by atoms with Crippen molar-refractivity contribution in [1.82, 2.24) is 4.98 Å². The molecule has 0 atom stereocenters. The molecule has 1 N–H and O–H groups in total. The molecule has 0 saturated carbocycles. The van der Waals surface area contributed by atoms with Crippen LogP contribution in [0.2, 0.25) is 5.02 Å². The summed E-state index contributed by atoms with van der Waals surface area (Å²) in [5.41, 5.74) is 2.57. The Labute approximate surface area is 112 Å². The van der Waals surface area contributed by atoms with Gasteiger partial charge < -0.3 is 4.98 Å². The van der Waals surface area contributed by atoms with Crippen LogP contribution in [0.3, 0.4) is 0 Å². The molecular formula is C12H11ClINO. The standard InChI is InChI=1S/C12H11ClINO/c1-3-8-6(2)15-11-9(12(8)16)4-7(14)5-10(11)13/h4-5H,3H2,1-2H3,(H,15,16). The lowest BCUT2D eigenvalue weighted by atomic mass is 10.1. The number of nitrogens with one attached hydrogen (secondary N) is 1. The third-order valence-corrected chi connectivity index (χ3v) is 3.61. The third-order valence-electron chi connectivity index (χ3n) is 2.69. The van der Waals surface area contributed by atoms with Crippen LogP contribution in [0.4, 0.5) is 0 Å². The van der Waals surface area contributed by atoms with Gasteiger partial charge in [0.25, 0.3) is 0 Å². The van der Waals surface area contributed by atoms with Gasteiger partial charge in [-0.3, -0.25) is 4.79 Å². The van der Waals surface area contributed by atoms with Crippen molar-refractivity contribution < 1.29 is 0 Å². The minimum absolute atomic E-state index is 0.0918. The molecule has 1 heterocycles. The van der Waals surface area contributed by atoms with Crippen LogP contribution in [0.5, 0.6) is 0 Å². The lowest BCUT2D eigenvalue weighted by Crippen LogP contribution is -2.12. The van der Waals surface area contributed by atoms with E-state index in [-0.39, 0.29) is 5.43 Å². The molecule has 0 spiro atoms. The van der Waals surface area contributed by atoms with Crippen LogP contribution in [0.15, 0.2) is 16.9 Å². The van der Waals surface area contributed by atoms with Gasteiger partial charge >= 0.3 is 0 Å². The lowest BCUT2D eigenvalue weighted by Gasteiger charge is -2.07. The number of halogens is 2. The van der Waals surface area contributed by atoms with E-state index < -0.39 is 0 Å². The van der Waals surface area contributed by atoms with E-state index in [1.807, 2.05) is 26.0 Å². The second kappa shape index (κ2) is 4.37. The minimum Gasteiger partial charge on any atom is -0.357 e. The Hall–Kier alpha value is -0.550. The highest BCUT2D eigenvalue weighted by Gasteiger charge is 2.10. The van der Waals surface area contributed by atoms with Crippen molar-refractivity contribution in [2.45, 2.75) is 20.3 Å². The normalized spacial score (nSPS) is 11.0. The van der Waals surface area contributed by atoms with E-state index in [4.69, 9.17) is 11.6 Å². The van der Waals surface area contributed by atoms with Crippen molar-refractivity contribution >= 4 is 45.1 Å². The van der Waals surface area contributed by atoms with Gasteiger partial charge in [-0.05, 0) is 48.1 Å². The summed E-state index contributed by atoms with van der Waals surface area (Å²) in [5, 5.41) is 1.28. The Kier molecular flexibility index (Phi) is 3.26. The van der Waals surface area contributed by atoms with Crippen molar-refractivity contribution in [3.05, 3.63) is 42.2 Å². The molecule has 0 saturated heterocycles. The predicted molar refractivity (Wildman–Crippen MR) is 76.4 cm³/mol. The number of hydrogen-bond donors (Lipinski definition) is 1. The number of aromatic nitrogens is 1. The molecule has 0 aliphatic carbocycles. The fraction of sp³-hybridized carbons (Fsp3) is 0.250. The van der Waals surface area contributed by atoms with E-state index in [1.165, 1.54) is 0 Å². The second-order valence-electron chi connectivity index (χ2n) is 3.72. The first kappa shape index (κ1) is 11.9. The first-order valence-electron chi connectivity index (χ1n) is 5.05. The zero-order valence-electron chi connectivity index (χ0n) is 9.03. The van der Waals surface area contributed by atoms with Gasteiger partial charge in [0.2, 0.25) is 0 Å². The summed E-state index contributed by atoms with van der Waals surface area (Å²) in [6, 6.07) is 3.73. The molecule has 84 valence electrons. The van der Waals surface area contributed by atoms with Crippen LogP contribution in [0.1, 0.15) is 18.2 Å². The minimum atomic E-state index is 0.0918. The average molecular weight is 348 g/mol. The number of rotatable bonds is 1. The van der Waals surface area contributed by atoms with Crippen LogP contribution in [-0.4, -0.2) is 4.98 Å². The first-order valence-corrected chi connectivity index (χ1v) is 6.50. The highest BCUT2D eigenvalue weighted by Crippen LogP contribution is 2.23. The zero-order chi connectivity index (χ0) is 11.9. The average Bonchev–Trinajstić information content (AvgIpc) is 2.21. The molecule has 0 aliphatic heterocycles. The monoisotopic (exact) mass is 347 g/mol. The van der Waals surface area contributed by atoms with E-state index in [2.05, 4.69) is 27.6 Å². The van der Waals surface area contributed by atoms with E-state index >= 15 is 0 Å². The Balaban J connectivity index is 2.99. The Bertz CT molecular complexity index is 618. The molecule has 4 heteroatoms. The van der Waals surface area contributed by atoms with E-state index in [9.17, 15) is 4.79 Å². The lowest BCUT2D eigenvalue weighted by molar-refractivity contribution is 1.05. The van der Waals surface area contributed by atoms with Crippen LogP contribution in [0, 0.1) is 10.5 Å². The molecule has 0 fully saturated rings. The predicted octanol–water partition coefficient (Wildman–Crippen LogP) is 3.66. The van der Waals surface area contributed by atoms with E-state index in [0.717, 1.165) is 26.8 Å². The van der Waals surface area contributed by atoms with Gasteiger partial charge in [-0.2, -0.15) is 0 Å². The molecule has 1 aromatic heterocycles. The number of aryl methyl sites for hydroxylation is 1. The molecule has 16 heavy (non-hydrogen) atoms. The molecule has 0 unspecified atom stereocenters. The smallest absolute Gasteiger partial charge is 0.192 e. The topological polar surface area (TPSA) is 32.9 Å². The Morgan fingerprint density at radius 1 is 1.44 bits per heavy atom. The summed E-state index contributed by atoms with van der Waals surface area (Å²) >= 11 is 8.29. The maximum absolute atomic E-state index is 12.2. The second-order valence-corrected chi connectivity index (χ2v) is 5.37. The fourth-order valence-corrected chi connectivity index (χ4v) is 2.97. The number of benzene rings is 1. The third kappa shape index (κ3) is 1.86. The number of fused-ring (bicyclic) bond motifs is 1. The van der Waals surface area contributed by atoms with Gasteiger partial charge in [0.15, 0.2) is 5.43 Å². The molecule has 0 aliphatic rings. The molecular weight excluding hydrogens is 336 g/mol. The highest BCUT2D eigenvalue weighted by atomic mass is 127. The van der Waals surface area contributed by atoms with Crippen LogP contribution >= 0.6 is 34.2 Å². The summed E-state index contributed by atoms with van der Waals surface area (Å²) < 4.78 is 0.978. The fourth-order valence-electron chi connectivity index (χ4n) is 1.90. The van der Waals surface area contributed by atoms with E-state index in [1.54, 1.807) is 0 Å². The van der Waals surface area contributed by atoms with Gasteiger partial charge in [0.05, 0.1) is 10.5 Å². The number of aromatic amines is 1. The zero-order valence-corrected chi connectivity index (χ0v) is 11.9. The summed E-state index contributed by atoms with van der Waals surface area (Å²) in [6.07, 6.45) is 0.736. The molecule has 1 aromatic carbocycles. The van der Waals surface area contributed by atoms with Gasteiger partial charge in [-0.25, -0.2) is 0 Å². The Morgan fingerprint density at radius 2 is 2.12 bits per heavy atom. The molecule has 0 bridgehead atoms. The summed E-state index contributed by atoms with van der Waals surface area (Å²) in [5.74, 6) is 0. The number of hydrogen-bond acceptors (Lipinski definition) is 1. The first-order chi connectivity index (χ1) is 7.54. The quantitative estimate of drug-likeness (QED) is 0.785. The van der Waals surface area contributed by atoms with Crippen molar-refractivity contribution in [2.75, 3.05) is 0 Å². The molecule has 0 radical (unpaired) electrons. The van der Waals surface area contributed by atoms with Crippen molar-refractivity contribution in [3.63, 3.8) is 0 Å². The summed E-state index contributed by atoms with van der Waals surface area (Å²) in [4.78, 5) is 15.4. The van der Waals surface area contributed by atoms with E-state index in [0.29, 0.717) is 10.4 Å². The number of H-pyrrole nitrogens is 1. The molecule has 0 amide bonds. The molecule has 2 nitrogen and oxygen atoms in total. The van der Waals surface area contributed by atoms with Crippen LogP contribution in [-0.2, 0) is 6.42 Å². The summed E-state index contributed by atoms with van der Waals surface area (Å²) in [7, 11) is 0. The maximum atomic E-state index is 12.2. The van der Waals surface area contributed by atoms with Crippen LogP contribution in [0.25, 0.3) is 10.9 Å². The largest absolute Gasteiger partial charge is 0.357 e. The van der Waals surface area contributed by atoms with Crippen molar-refractivity contribution in [1.29, 1.82) is 0 Å². The highest BCUT2D eigenvalue weighted by molar-refractivity contribution is 14.1. The Morgan fingerprint density at radius 3 is 2.75 bits per heavy atom. The van der Waals surface area contributed by atoms with Gasteiger partial charge in [-0.1, -0.05) is 18.5 Å². The molecule has 2 aromatic rings. The van der Waals surface area contributed by atoms with Gasteiger partial charge in [0.1, 0.15) is 0 Å². The van der Waals surface area contributed by atoms with Gasteiger partial charge in [0, 0.05) is 20.2 Å². The van der Waals surface area contributed by atoms with Crippen molar-refractivity contribution in [3.8, 4) is 0 Å². The van der Waals surface area contributed by atoms with Gasteiger partial charge in [-0.15, -0.1) is 0 Å². The maximum Gasteiger partial charge on any atom is 0.192 e. The SMILES string of the molecule is CCc1c(C)[nH]c2c(Cl)cc(I)cc2c1=O. The van der Waals surface area contributed by atoms with Crippen molar-refractivity contribution in [2.24, 2.45) is 0 Å². The van der Waals surface area contributed by atoms with Crippen LogP contribution < -0.4 is 5.43 Å². The molecule has 2 rings (SSSR count). The summed E-state index contributed by atoms with van der Waals surface area (Å²) in [6.45, 7) is 3.90. The number of pyridine rings is 1.